The number of hydrogen-bond acceptors (Lipinski definition) is 6. The van der Waals surface area contributed by atoms with Crippen LogP contribution in [0, 0.1) is 13.8 Å². The molecule has 0 saturated carbocycles. The van der Waals surface area contributed by atoms with Crippen molar-refractivity contribution in [1.29, 1.82) is 0 Å². The van der Waals surface area contributed by atoms with Gasteiger partial charge in [0.15, 0.2) is 0 Å². The predicted octanol–water partition coefficient (Wildman–Crippen LogP) is 7.32. The van der Waals surface area contributed by atoms with Crippen LogP contribution in [0.3, 0.4) is 0 Å². The molecule has 5 rings (SSSR count). The fourth-order valence-electron chi connectivity index (χ4n) is 5.89. The van der Waals surface area contributed by atoms with Gasteiger partial charge >= 0.3 is 5.97 Å². The molecule has 6 nitrogen and oxygen atoms in total. The minimum atomic E-state index is -0.362. The Hall–Kier alpha value is -3.58. The van der Waals surface area contributed by atoms with Crippen molar-refractivity contribution in [2.24, 2.45) is 0 Å². The molecule has 0 radical (unpaired) electrons. The number of aryl methyl sites for hydroxylation is 2. The van der Waals surface area contributed by atoms with Crippen LogP contribution in [0.5, 0.6) is 17.2 Å². The molecule has 0 bridgehead atoms. The number of fused-ring (bicyclic) bond motifs is 1. The summed E-state index contributed by atoms with van der Waals surface area (Å²) in [4.78, 5) is 11.7. The van der Waals surface area contributed by atoms with E-state index >= 15 is 4.39 Å². The zero-order valence-corrected chi connectivity index (χ0v) is 24.2. The number of carbonyl (C=O) groups is 1. The van der Waals surface area contributed by atoms with Gasteiger partial charge in [0.25, 0.3) is 0 Å². The highest BCUT2D eigenvalue weighted by Gasteiger charge is 2.28. The highest BCUT2D eigenvalue weighted by Crippen LogP contribution is 2.40. The molecule has 1 aliphatic carbocycles. The maximum Gasteiger partial charge on any atom is 0.306 e. The summed E-state index contributed by atoms with van der Waals surface area (Å²) in [7, 11) is 1.39. The van der Waals surface area contributed by atoms with Crippen molar-refractivity contribution in [2.75, 3.05) is 26.9 Å². The summed E-state index contributed by atoms with van der Waals surface area (Å²) in [6.07, 6.45) is 6.69. The second kappa shape index (κ2) is 12.9. The van der Waals surface area contributed by atoms with Crippen molar-refractivity contribution in [3.63, 3.8) is 0 Å². The first-order valence-electron chi connectivity index (χ1n) is 14.4. The molecule has 41 heavy (non-hydrogen) atoms. The normalized spacial score (nSPS) is 22.7. The van der Waals surface area contributed by atoms with Crippen LogP contribution >= 0.6 is 0 Å². The van der Waals surface area contributed by atoms with E-state index in [4.69, 9.17) is 23.7 Å². The number of halogens is 1. The van der Waals surface area contributed by atoms with E-state index in [1.165, 1.54) is 13.2 Å². The monoisotopic (exact) mass is 562 g/mol. The van der Waals surface area contributed by atoms with Gasteiger partial charge in [0.1, 0.15) is 35.3 Å². The predicted molar refractivity (Wildman–Crippen MR) is 156 cm³/mol. The summed E-state index contributed by atoms with van der Waals surface area (Å²) in [5, 5.41) is 0. The lowest BCUT2D eigenvalue weighted by atomic mass is 9.88. The summed E-state index contributed by atoms with van der Waals surface area (Å²) < 4.78 is 43.7. The second-order valence-electron chi connectivity index (χ2n) is 11.1. The van der Waals surface area contributed by atoms with Crippen LogP contribution in [0.15, 0.2) is 60.5 Å². The molecule has 7 heteroatoms. The molecule has 0 N–H and O–H groups in total. The van der Waals surface area contributed by atoms with Gasteiger partial charge in [-0.3, -0.25) is 4.79 Å². The first-order chi connectivity index (χ1) is 19.8. The number of allylic oxidation sites excluding steroid dienone is 4. The van der Waals surface area contributed by atoms with Crippen LogP contribution in [0.25, 0.3) is 5.57 Å². The molecule has 2 aromatic carbocycles. The van der Waals surface area contributed by atoms with Gasteiger partial charge in [-0.25, -0.2) is 4.39 Å². The van der Waals surface area contributed by atoms with Gasteiger partial charge in [-0.05, 0) is 78.8 Å². The summed E-state index contributed by atoms with van der Waals surface area (Å²) in [5.74, 6) is 1.61. The van der Waals surface area contributed by atoms with Gasteiger partial charge < -0.3 is 23.7 Å². The number of hydrogen-bond donors (Lipinski definition) is 0. The molecule has 3 aliphatic rings. The largest absolute Gasteiger partial charge is 0.492 e. The molecule has 2 unspecified atom stereocenters. The first-order valence-corrected chi connectivity index (χ1v) is 14.4. The SMILES string of the molecule is C=C1CCC(Oc2ccc3c(c2)OCC3CC(=O)OC)C/C(F)=C\C=C1c1c(C)cc(OC2CCOCC2)cc1C. The van der Waals surface area contributed by atoms with Crippen molar-refractivity contribution in [3.8, 4) is 17.2 Å². The van der Waals surface area contributed by atoms with E-state index in [9.17, 15) is 4.79 Å². The number of rotatable bonds is 7. The summed E-state index contributed by atoms with van der Waals surface area (Å²) in [6, 6.07) is 9.75. The Morgan fingerprint density at radius 2 is 1.73 bits per heavy atom. The number of esters is 1. The second-order valence-corrected chi connectivity index (χ2v) is 11.1. The summed E-state index contributed by atoms with van der Waals surface area (Å²) >= 11 is 0. The lowest BCUT2D eigenvalue weighted by Crippen LogP contribution is -2.25. The molecule has 218 valence electrons. The van der Waals surface area contributed by atoms with Crippen LogP contribution in [0.2, 0.25) is 0 Å². The van der Waals surface area contributed by atoms with E-state index in [0.717, 1.165) is 65.2 Å². The molecule has 0 aromatic heterocycles. The standard InChI is InChI=1S/C34H39FO6/c1-21-5-7-27(41-28-8-10-31-24(17-33(36)37-4)20-39-32(31)19-28)18-25(35)6-9-30(21)34-22(2)15-29(16-23(34)3)40-26-11-13-38-14-12-26/h6,8-10,15-16,19,24,26-27H,1,5,7,11-14,17-18,20H2,2-4H3/b25-6+,30-9?. The molecule has 1 fully saturated rings. The Labute approximate surface area is 241 Å². The Bertz CT molecular complexity index is 1330. The number of benzene rings is 2. The van der Waals surface area contributed by atoms with E-state index in [1.54, 1.807) is 0 Å². The number of carbonyl (C=O) groups excluding carboxylic acids is 1. The molecule has 1 saturated heterocycles. The van der Waals surface area contributed by atoms with Crippen molar-refractivity contribution < 1.29 is 32.9 Å². The molecule has 2 aliphatic heterocycles. The van der Waals surface area contributed by atoms with Gasteiger partial charge in [-0.1, -0.05) is 18.7 Å². The zero-order valence-electron chi connectivity index (χ0n) is 24.2. The third-order valence-corrected chi connectivity index (χ3v) is 8.06. The van der Waals surface area contributed by atoms with E-state index in [-0.39, 0.29) is 42.8 Å². The number of methoxy groups -OCH3 is 1. The molecule has 2 aromatic rings. The van der Waals surface area contributed by atoms with Gasteiger partial charge in [0, 0.05) is 36.8 Å². The smallest absolute Gasteiger partial charge is 0.306 e. The van der Waals surface area contributed by atoms with Gasteiger partial charge in [-0.15, -0.1) is 0 Å². The van der Waals surface area contributed by atoms with Crippen molar-refractivity contribution >= 4 is 11.5 Å². The zero-order chi connectivity index (χ0) is 28.9. The molecule has 0 amide bonds. The fourth-order valence-corrected chi connectivity index (χ4v) is 5.89. The van der Waals surface area contributed by atoms with Crippen LogP contribution in [-0.4, -0.2) is 45.1 Å². The highest BCUT2D eigenvalue weighted by molar-refractivity contribution is 5.83. The minimum Gasteiger partial charge on any atom is -0.492 e. The van der Waals surface area contributed by atoms with Crippen LogP contribution < -0.4 is 14.2 Å². The van der Waals surface area contributed by atoms with Crippen molar-refractivity contribution in [1.82, 2.24) is 0 Å². The Balaban J connectivity index is 1.27. The Kier molecular flexibility index (Phi) is 9.13. The summed E-state index contributed by atoms with van der Waals surface area (Å²) in [5.41, 5.74) is 6.05. The molecular formula is C34H39FO6. The van der Waals surface area contributed by atoms with Gasteiger partial charge in [0.2, 0.25) is 0 Å². The molecule has 2 atom stereocenters. The topological polar surface area (TPSA) is 63.2 Å². The lowest BCUT2D eigenvalue weighted by Gasteiger charge is -2.25. The Morgan fingerprint density at radius 3 is 2.46 bits per heavy atom. The third kappa shape index (κ3) is 7.02. The lowest BCUT2D eigenvalue weighted by molar-refractivity contribution is -0.141. The van der Waals surface area contributed by atoms with E-state index < -0.39 is 0 Å². The maximum absolute atomic E-state index is 15.1. The summed E-state index contributed by atoms with van der Waals surface area (Å²) in [6.45, 7) is 10.4. The molecule has 2 heterocycles. The van der Waals surface area contributed by atoms with Gasteiger partial charge in [-0.2, -0.15) is 0 Å². The molecule has 0 spiro atoms. The quantitative estimate of drug-likeness (QED) is 0.330. The van der Waals surface area contributed by atoms with E-state index in [1.807, 2.05) is 24.3 Å². The minimum absolute atomic E-state index is 0.0426. The average Bonchev–Trinajstić information content (AvgIpc) is 3.36. The average molecular weight is 563 g/mol. The fraction of sp³-hybridized carbons (Fsp3) is 0.441. The first kappa shape index (κ1) is 28.9. The Morgan fingerprint density at radius 1 is 1.00 bits per heavy atom. The highest BCUT2D eigenvalue weighted by atomic mass is 19.1. The van der Waals surface area contributed by atoms with E-state index in [2.05, 4.69) is 32.6 Å². The molecular weight excluding hydrogens is 523 g/mol. The third-order valence-electron chi connectivity index (χ3n) is 8.06. The van der Waals surface area contributed by atoms with Crippen LogP contribution in [-0.2, 0) is 14.3 Å². The van der Waals surface area contributed by atoms with Crippen molar-refractivity contribution in [2.45, 2.75) is 70.5 Å². The van der Waals surface area contributed by atoms with Crippen LogP contribution in [0.4, 0.5) is 4.39 Å². The van der Waals surface area contributed by atoms with Crippen LogP contribution in [0.1, 0.15) is 66.7 Å². The maximum atomic E-state index is 15.1. The van der Waals surface area contributed by atoms with Crippen molar-refractivity contribution in [3.05, 3.63) is 82.7 Å². The number of ether oxygens (including phenoxy) is 5. The van der Waals surface area contributed by atoms with Gasteiger partial charge in [0.05, 0.1) is 33.4 Å². The van der Waals surface area contributed by atoms with E-state index in [0.29, 0.717) is 30.9 Å².